The van der Waals surface area contributed by atoms with Gasteiger partial charge in [-0.05, 0) is 31.0 Å². The number of aliphatic imine (C=N–C) groups is 1. The monoisotopic (exact) mass is 537 g/mol. The second-order valence-electron chi connectivity index (χ2n) is 5.27. The molecule has 0 spiro atoms. The first-order chi connectivity index (χ1) is 11.4. The van der Waals surface area contributed by atoms with E-state index in [-0.39, 0.29) is 54.9 Å². The summed E-state index contributed by atoms with van der Waals surface area (Å²) in [6.07, 6.45) is -2.40. The summed E-state index contributed by atoms with van der Waals surface area (Å²) in [5, 5.41) is 2.80. The molecule has 0 radical (unpaired) electrons. The molecule has 0 aliphatic carbocycles. The van der Waals surface area contributed by atoms with E-state index < -0.39 is 11.7 Å². The Hall–Kier alpha value is -0.750. The molecule has 2 rings (SSSR count). The molecule has 1 aromatic carbocycles. The van der Waals surface area contributed by atoms with Gasteiger partial charge in [0, 0.05) is 11.1 Å². The van der Waals surface area contributed by atoms with Crippen molar-refractivity contribution in [2.45, 2.75) is 25.1 Å². The lowest BCUT2D eigenvalue weighted by Crippen LogP contribution is -2.35. The Morgan fingerprint density at radius 3 is 2.84 bits per heavy atom. The van der Waals surface area contributed by atoms with Crippen molar-refractivity contribution in [3.63, 3.8) is 0 Å². The fourth-order valence-corrected chi connectivity index (χ4v) is 2.60. The van der Waals surface area contributed by atoms with Gasteiger partial charge in [0.05, 0.1) is 24.8 Å². The zero-order valence-electron chi connectivity index (χ0n) is 13.3. The van der Waals surface area contributed by atoms with Crippen molar-refractivity contribution in [2.24, 2.45) is 10.7 Å². The molecule has 1 aromatic rings. The highest BCUT2D eigenvalue weighted by atomic mass is 127. The smallest absolute Gasteiger partial charge is 0.420 e. The molecular formula is C15H20BrF3IN3O2. The molecule has 0 saturated carbocycles. The van der Waals surface area contributed by atoms with Crippen LogP contribution in [0.5, 0.6) is 5.75 Å². The molecule has 1 aliphatic heterocycles. The zero-order chi connectivity index (χ0) is 17.6. The largest absolute Gasteiger partial charge is 0.491 e. The van der Waals surface area contributed by atoms with Gasteiger partial charge in [-0.1, -0.05) is 15.9 Å². The maximum atomic E-state index is 12.9. The van der Waals surface area contributed by atoms with E-state index in [4.69, 9.17) is 15.2 Å². The molecule has 25 heavy (non-hydrogen) atoms. The molecule has 1 aliphatic rings. The van der Waals surface area contributed by atoms with E-state index in [2.05, 4.69) is 26.2 Å². The Morgan fingerprint density at radius 2 is 2.20 bits per heavy atom. The first-order valence-corrected chi connectivity index (χ1v) is 8.30. The summed E-state index contributed by atoms with van der Waals surface area (Å²) in [7, 11) is 0. The van der Waals surface area contributed by atoms with Crippen molar-refractivity contribution < 1.29 is 22.6 Å². The molecule has 142 valence electrons. The molecule has 1 fully saturated rings. The van der Waals surface area contributed by atoms with Crippen LogP contribution in [0.3, 0.4) is 0 Å². The first-order valence-electron chi connectivity index (χ1n) is 7.51. The lowest BCUT2D eigenvalue weighted by atomic mass is 10.2. The van der Waals surface area contributed by atoms with E-state index >= 15 is 0 Å². The molecule has 1 atom stereocenters. The fraction of sp³-hybridized carbons (Fsp3) is 0.533. The normalized spacial score (nSPS) is 17.9. The van der Waals surface area contributed by atoms with Gasteiger partial charge in [-0.15, -0.1) is 24.0 Å². The van der Waals surface area contributed by atoms with Crippen LogP contribution in [-0.2, 0) is 10.9 Å². The van der Waals surface area contributed by atoms with Crippen LogP contribution in [-0.4, -0.2) is 38.4 Å². The number of nitrogens with zero attached hydrogens (tertiary/aromatic N) is 1. The summed E-state index contributed by atoms with van der Waals surface area (Å²) in [5.74, 6) is 0.00307. The number of halogens is 5. The Bertz CT molecular complexity index is 582. The lowest BCUT2D eigenvalue weighted by Gasteiger charge is -2.15. The third-order valence-electron chi connectivity index (χ3n) is 3.40. The second-order valence-corrected chi connectivity index (χ2v) is 6.19. The lowest BCUT2D eigenvalue weighted by molar-refractivity contribution is -0.139. The van der Waals surface area contributed by atoms with Crippen LogP contribution in [0.25, 0.3) is 0 Å². The average molecular weight is 538 g/mol. The van der Waals surface area contributed by atoms with Gasteiger partial charge in [-0.25, -0.2) is 0 Å². The molecule has 1 saturated heterocycles. The molecule has 10 heteroatoms. The van der Waals surface area contributed by atoms with Gasteiger partial charge in [0.1, 0.15) is 12.4 Å². The molecule has 5 nitrogen and oxygen atoms in total. The maximum absolute atomic E-state index is 12.9. The second kappa shape index (κ2) is 10.4. The van der Waals surface area contributed by atoms with Gasteiger partial charge in [0.2, 0.25) is 0 Å². The van der Waals surface area contributed by atoms with E-state index in [1.807, 2.05) is 0 Å². The number of nitrogens with two attached hydrogens (primary N) is 1. The summed E-state index contributed by atoms with van der Waals surface area (Å²) >= 11 is 3.02. The van der Waals surface area contributed by atoms with Gasteiger partial charge in [-0.2, -0.15) is 13.2 Å². The van der Waals surface area contributed by atoms with Crippen molar-refractivity contribution in [2.75, 3.05) is 26.3 Å². The number of alkyl halides is 3. The van der Waals surface area contributed by atoms with E-state index in [9.17, 15) is 13.2 Å². The SMILES string of the molecule is I.NC(=NCC1CCCO1)NCCOc1ccc(Br)cc1C(F)(F)F. The minimum atomic E-state index is -4.48. The number of guanidine groups is 1. The standard InChI is InChI=1S/C15H19BrF3N3O2.HI/c16-10-3-4-13(12(8-10)15(17,18)19)24-7-5-21-14(20)22-9-11-2-1-6-23-11;/h3-4,8,11H,1-2,5-7,9H2,(H3,20,21,22);1H. The molecular weight excluding hydrogens is 518 g/mol. The first kappa shape index (κ1) is 22.3. The molecule has 1 heterocycles. The van der Waals surface area contributed by atoms with Crippen LogP contribution in [0.1, 0.15) is 18.4 Å². The number of benzene rings is 1. The van der Waals surface area contributed by atoms with Crippen LogP contribution in [0, 0.1) is 0 Å². The van der Waals surface area contributed by atoms with Crippen LogP contribution < -0.4 is 15.8 Å². The van der Waals surface area contributed by atoms with Crippen LogP contribution >= 0.6 is 39.9 Å². The maximum Gasteiger partial charge on any atom is 0.420 e. The zero-order valence-corrected chi connectivity index (χ0v) is 17.2. The highest BCUT2D eigenvalue weighted by molar-refractivity contribution is 14.0. The Morgan fingerprint density at radius 1 is 1.44 bits per heavy atom. The van der Waals surface area contributed by atoms with E-state index in [1.165, 1.54) is 12.1 Å². The molecule has 0 amide bonds. The fourth-order valence-electron chi connectivity index (χ4n) is 2.23. The predicted molar refractivity (Wildman–Crippen MR) is 104 cm³/mol. The number of nitrogens with one attached hydrogen (secondary N) is 1. The van der Waals surface area contributed by atoms with E-state index in [1.54, 1.807) is 0 Å². The number of rotatable bonds is 6. The van der Waals surface area contributed by atoms with Gasteiger partial charge in [0.25, 0.3) is 0 Å². The molecule has 0 bridgehead atoms. The predicted octanol–water partition coefficient (Wildman–Crippen LogP) is 3.55. The molecule has 3 N–H and O–H groups in total. The van der Waals surface area contributed by atoms with Gasteiger partial charge >= 0.3 is 6.18 Å². The van der Waals surface area contributed by atoms with Crippen molar-refractivity contribution in [1.82, 2.24) is 5.32 Å². The van der Waals surface area contributed by atoms with Gasteiger partial charge in [0.15, 0.2) is 5.96 Å². The Balaban J connectivity index is 0.00000312. The van der Waals surface area contributed by atoms with Gasteiger partial charge in [-0.3, -0.25) is 4.99 Å². The van der Waals surface area contributed by atoms with E-state index in [0.717, 1.165) is 25.5 Å². The summed E-state index contributed by atoms with van der Waals surface area (Å²) in [6, 6.07) is 3.76. The summed E-state index contributed by atoms with van der Waals surface area (Å²) in [6.45, 7) is 1.50. The molecule has 0 aromatic heterocycles. The van der Waals surface area contributed by atoms with Crippen molar-refractivity contribution in [1.29, 1.82) is 0 Å². The van der Waals surface area contributed by atoms with Crippen molar-refractivity contribution in [3.05, 3.63) is 28.2 Å². The highest BCUT2D eigenvalue weighted by Gasteiger charge is 2.34. The molecule has 1 unspecified atom stereocenters. The van der Waals surface area contributed by atoms with Crippen LogP contribution in [0.15, 0.2) is 27.7 Å². The quantitative estimate of drug-likeness (QED) is 0.252. The Labute approximate surface area is 169 Å². The number of ether oxygens (including phenoxy) is 2. The Kier molecular flexibility index (Phi) is 9.28. The minimum absolute atomic E-state index is 0. The van der Waals surface area contributed by atoms with Crippen LogP contribution in [0.2, 0.25) is 0 Å². The summed E-state index contributed by atoms with van der Waals surface area (Å²) in [4.78, 5) is 4.14. The van der Waals surface area contributed by atoms with E-state index in [0.29, 0.717) is 11.0 Å². The number of hydrogen-bond donors (Lipinski definition) is 2. The van der Waals surface area contributed by atoms with Crippen molar-refractivity contribution in [3.8, 4) is 5.75 Å². The average Bonchev–Trinajstić information content (AvgIpc) is 3.03. The highest BCUT2D eigenvalue weighted by Crippen LogP contribution is 2.37. The summed E-state index contributed by atoms with van der Waals surface area (Å²) < 4.78 is 49.8. The third kappa shape index (κ3) is 7.57. The van der Waals surface area contributed by atoms with Gasteiger partial charge < -0.3 is 20.5 Å². The minimum Gasteiger partial charge on any atom is -0.491 e. The third-order valence-corrected chi connectivity index (χ3v) is 3.90. The van der Waals surface area contributed by atoms with Crippen molar-refractivity contribution >= 4 is 45.9 Å². The topological polar surface area (TPSA) is 68.9 Å². The van der Waals surface area contributed by atoms with Crippen LogP contribution in [0.4, 0.5) is 13.2 Å². The summed E-state index contributed by atoms with van der Waals surface area (Å²) in [5.41, 5.74) is 4.87. The number of hydrogen-bond acceptors (Lipinski definition) is 3.